The number of thiophene rings is 1. The van der Waals surface area contributed by atoms with Crippen molar-refractivity contribution in [1.29, 1.82) is 0 Å². The van der Waals surface area contributed by atoms with Crippen molar-refractivity contribution in [3.8, 4) is 0 Å². The molecule has 0 fully saturated rings. The Kier molecular flexibility index (Phi) is 5.75. The number of carboxylic acids is 1. The van der Waals surface area contributed by atoms with E-state index in [1.165, 1.54) is 18.2 Å². The van der Waals surface area contributed by atoms with Crippen LogP contribution >= 0.6 is 23.6 Å². The van der Waals surface area contributed by atoms with Crippen LogP contribution in [0.15, 0.2) is 41.5 Å². The molecule has 0 aliphatic heterocycles. The van der Waals surface area contributed by atoms with E-state index in [0.717, 1.165) is 23.5 Å². The van der Waals surface area contributed by atoms with E-state index in [0.29, 0.717) is 10.6 Å². The summed E-state index contributed by atoms with van der Waals surface area (Å²) < 4.78 is 38.0. The van der Waals surface area contributed by atoms with Gasteiger partial charge in [-0.05, 0) is 49.5 Å². The van der Waals surface area contributed by atoms with Crippen LogP contribution < -0.4 is 15.8 Å². The van der Waals surface area contributed by atoms with E-state index in [9.17, 15) is 23.1 Å². The topological polar surface area (TPSA) is 76.5 Å². The summed E-state index contributed by atoms with van der Waals surface area (Å²) in [4.78, 5) is 11.4. The van der Waals surface area contributed by atoms with E-state index < -0.39 is 17.7 Å². The number of hydrazone groups is 1. The van der Waals surface area contributed by atoms with Crippen LogP contribution in [0.4, 0.5) is 18.9 Å². The largest absolute Gasteiger partial charge is 0.544 e. The van der Waals surface area contributed by atoms with E-state index in [2.05, 4.69) is 15.8 Å². The number of nitrogens with zero attached hydrogens (tertiary/aromatic N) is 1. The van der Waals surface area contributed by atoms with Gasteiger partial charge in [0, 0.05) is 5.69 Å². The molecule has 132 valence electrons. The summed E-state index contributed by atoms with van der Waals surface area (Å²) in [5.74, 6) is -1.28. The second-order valence-corrected chi connectivity index (χ2v) is 6.29. The molecule has 0 amide bonds. The highest BCUT2D eigenvalue weighted by molar-refractivity contribution is 7.80. The van der Waals surface area contributed by atoms with E-state index in [4.69, 9.17) is 12.2 Å². The Bertz CT molecular complexity index is 831. The van der Waals surface area contributed by atoms with Crippen molar-refractivity contribution >= 4 is 46.0 Å². The minimum absolute atomic E-state index is 0.00430. The quantitative estimate of drug-likeness (QED) is 0.480. The number of carbonyl (C=O) groups is 1. The standard InChI is InChI=1S/C15H12F3N3O2S2/c1-8(11-5-6-12(25-11)13(22)23)20-21-14(24)19-10-4-2-3-9(7-10)15(16,17)18/h2-7H,1H3,(H,22,23)(H2,19,21,24)/p-1/b20-8-. The maximum atomic E-state index is 12.7. The molecule has 0 unspecified atom stereocenters. The molecule has 0 spiro atoms. The van der Waals surface area contributed by atoms with Crippen LogP contribution in [0, 0.1) is 0 Å². The lowest BCUT2D eigenvalue weighted by atomic mass is 10.2. The highest BCUT2D eigenvalue weighted by Crippen LogP contribution is 2.30. The molecule has 1 aromatic heterocycles. The van der Waals surface area contributed by atoms with Crippen LogP contribution in [0.3, 0.4) is 0 Å². The molecule has 10 heteroatoms. The number of thiocarbonyl (C=S) groups is 1. The van der Waals surface area contributed by atoms with Gasteiger partial charge in [0.15, 0.2) is 5.11 Å². The lowest BCUT2D eigenvalue weighted by Gasteiger charge is -2.11. The van der Waals surface area contributed by atoms with Crippen molar-refractivity contribution in [2.24, 2.45) is 5.10 Å². The van der Waals surface area contributed by atoms with Crippen LogP contribution in [0.1, 0.15) is 27.0 Å². The van der Waals surface area contributed by atoms with Crippen molar-refractivity contribution in [1.82, 2.24) is 5.43 Å². The predicted molar refractivity (Wildman–Crippen MR) is 91.7 cm³/mol. The Hall–Kier alpha value is -2.46. The van der Waals surface area contributed by atoms with Gasteiger partial charge >= 0.3 is 6.18 Å². The second kappa shape index (κ2) is 7.62. The van der Waals surface area contributed by atoms with Crippen LogP contribution in [-0.4, -0.2) is 16.8 Å². The highest BCUT2D eigenvalue weighted by atomic mass is 32.1. The fourth-order valence-corrected chi connectivity index (χ4v) is 2.71. The van der Waals surface area contributed by atoms with Gasteiger partial charge in [-0.15, -0.1) is 11.3 Å². The van der Waals surface area contributed by atoms with Crippen molar-refractivity contribution in [3.63, 3.8) is 0 Å². The minimum atomic E-state index is -4.45. The molecule has 25 heavy (non-hydrogen) atoms. The zero-order chi connectivity index (χ0) is 18.6. The normalized spacial score (nSPS) is 11.9. The Morgan fingerprint density at radius 3 is 2.52 bits per heavy atom. The number of rotatable bonds is 4. The smallest absolute Gasteiger partial charge is 0.416 e. The zero-order valence-electron chi connectivity index (χ0n) is 12.7. The van der Waals surface area contributed by atoms with Gasteiger partial charge in [-0.3, -0.25) is 5.43 Å². The van der Waals surface area contributed by atoms with Gasteiger partial charge in [0.05, 0.1) is 27.0 Å². The van der Waals surface area contributed by atoms with Crippen molar-refractivity contribution < 1.29 is 23.1 Å². The molecule has 2 rings (SSSR count). The molecule has 2 aromatic rings. The first-order chi connectivity index (χ1) is 11.7. The predicted octanol–water partition coefficient (Wildman–Crippen LogP) is 2.84. The van der Waals surface area contributed by atoms with Crippen LogP contribution in [0.5, 0.6) is 0 Å². The minimum Gasteiger partial charge on any atom is -0.544 e. The van der Waals surface area contributed by atoms with Gasteiger partial charge in [-0.25, -0.2) is 0 Å². The fourth-order valence-electron chi connectivity index (χ4n) is 1.76. The third-order valence-corrected chi connectivity index (χ3v) is 4.30. The Balaban J connectivity index is 2.01. The van der Waals surface area contributed by atoms with E-state index in [1.807, 2.05) is 0 Å². The number of benzene rings is 1. The molecule has 2 N–H and O–H groups in total. The monoisotopic (exact) mass is 386 g/mol. The van der Waals surface area contributed by atoms with Gasteiger partial charge in [-0.1, -0.05) is 6.07 Å². The second-order valence-electron chi connectivity index (χ2n) is 4.79. The lowest BCUT2D eigenvalue weighted by molar-refractivity contribution is -0.254. The molecule has 0 saturated heterocycles. The highest BCUT2D eigenvalue weighted by Gasteiger charge is 2.30. The number of alkyl halides is 3. The summed E-state index contributed by atoms with van der Waals surface area (Å²) in [6.45, 7) is 1.63. The third kappa shape index (κ3) is 5.26. The first-order valence-electron chi connectivity index (χ1n) is 6.77. The van der Waals surface area contributed by atoms with Crippen molar-refractivity contribution in [3.05, 3.63) is 51.7 Å². The molecular formula is C15H11F3N3O2S2-. The first kappa shape index (κ1) is 18.9. The maximum absolute atomic E-state index is 12.7. The molecule has 0 atom stereocenters. The maximum Gasteiger partial charge on any atom is 0.416 e. The molecule has 1 aromatic carbocycles. The molecule has 0 aliphatic carbocycles. The van der Waals surface area contributed by atoms with E-state index in [-0.39, 0.29) is 15.7 Å². The number of carbonyl (C=O) groups excluding carboxylic acids is 1. The van der Waals surface area contributed by atoms with Crippen LogP contribution in [-0.2, 0) is 6.18 Å². The number of hydrogen-bond donors (Lipinski definition) is 2. The molecule has 0 bridgehead atoms. The number of carboxylic acid groups (broad SMARTS) is 1. The summed E-state index contributed by atoms with van der Waals surface area (Å²) in [6.07, 6.45) is -4.45. The number of nitrogens with one attached hydrogen (secondary N) is 2. The molecule has 1 heterocycles. The number of hydrogen-bond acceptors (Lipinski definition) is 5. The Morgan fingerprint density at radius 1 is 1.24 bits per heavy atom. The van der Waals surface area contributed by atoms with Crippen molar-refractivity contribution in [2.45, 2.75) is 13.1 Å². The Morgan fingerprint density at radius 2 is 1.92 bits per heavy atom. The van der Waals surface area contributed by atoms with E-state index in [1.54, 1.807) is 13.0 Å². The molecule has 0 saturated carbocycles. The number of aromatic carboxylic acids is 1. The van der Waals surface area contributed by atoms with Gasteiger partial charge in [-0.2, -0.15) is 18.3 Å². The summed E-state index contributed by atoms with van der Waals surface area (Å²) in [7, 11) is 0. The number of halogens is 3. The summed E-state index contributed by atoms with van der Waals surface area (Å²) in [5, 5.41) is 17.3. The first-order valence-corrected chi connectivity index (χ1v) is 7.99. The van der Waals surface area contributed by atoms with Gasteiger partial charge in [0.1, 0.15) is 0 Å². The van der Waals surface area contributed by atoms with Crippen molar-refractivity contribution in [2.75, 3.05) is 5.32 Å². The molecular weight excluding hydrogens is 375 g/mol. The Labute approximate surface area is 150 Å². The van der Waals surface area contributed by atoms with Gasteiger partial charge in [0.2, 0.25) is 0 Å². The average Bonchev–Trinajstić information content (AvgIpc) is 3.02. The summed E-state index contributed by atoms with van der Waals surface area (Å²) in [5.41, 5.74) is 2.33. The SMILES string of the molecule is C/C(=N/NC(=S)Nc1cccc(C(F)(F)F)c1)c1ccc(C(=O)[O-])s1. The molecule has 0 aliphatic rings. The van der Waals surface area contributed by atoms with Crippen LogP contribution in [0.25, 0.3) is 0 Å². The zero-order valence-corrected chi connectivity index (χ0v) is 14.3. The number of anilines is 1. The van der Waals surface area contributed by atoms with Gasteiger partial charge < -0.3 is 15.2 Å². The molecule has 0 radical (unpaired) electrons. The summed E-state index contributed by atoms with van der Waals surface area (Å²) in [6, 6.07) is 7.54. The average molecular weight is 386 g/mol. The lowest BCUT2D eigenvalue weighted by Crippen LogP contribution is -2.25. The molecule has 5 nitrogen and oxygen atoms in total. The fraction of sp³-hybridized carbons (Fsp3) is 0.133. The van der Waals surface area contributed by atoms with Gasteiger partial charge in [0.25, 0.3) is 0 Å². The summed E-state index contributed by atoms with van der Waals surface area (Å²) >= 11 is 5.96. The van der Waals surface area contributed by atoms with Crippen LogP contribution in [0.2, 0.25) is 0 Å². The third-order valence-electron chi connectivity index (χ3n) is 2.94. The van der Waals surface area contributed by atoms with E-state index >= 15 is 0 Å².